The van der Waals surface area contributed by atoms with Gasteiger partial charge in [0.05, 0.1) is 65.1 Å². The van der Waals surface area contributed by atoms with Crippen LogP contribution in [0.1, 0.15) is 131 Å². The van der Waals surface area contributed by atoms with Crippen LogP contribution >= 0.6 is 34.0 Å². The Hall–Kier alpha value is -10.5. The fourth-order valence-electron chi connectivity index (χ4n) is 13.9. The number of hydrogen-bond acceptors (Lipinski definition) is 24. The second kappa shape index (κ2) is 37.8. The number of fused-ring (bicyclic) bond motifs is 5. The summed E-state index contributed by atoms with van der Waals surface area (Å²) in [6.07, 6.45) is -10.2. The van der Waals surface area contributed by atoms with Crippen molar-refractivity contribution in [3.8, 4) is 12.1 Å². The van der Waals surface area contributed by atoms with Gasteiger partial charge >= 0.3 is 36.8 Å². The fraction of sp³-hybridized carbons (Fsp3) is 0.451. The van der Waals surface area contributed by atoms with E-state index in [1.807, 2.05) is 54.6 Å². The van der Waals surface area contributed by atoms with Gasteiger partial charge in [0.15, 0.2) is 0 Å². The molecule has 3 aliphatic heterocycles. The molecule has 3 aromatic carbocycles. The van der Waals surface area contributed by atoms with Gasteiger partial charge in [-0.15, -0.1) is 34.0 Å². The zero-order valence-corrected chi connectivity index (χ0v) is 69.6. The first-order chi connectivity index (χ1) is 56.1. The molecule has 2 amide bonds. The maximum Gasteiger partial charge on any atom is 0.420 e. The summed E-state index contributed by atoms with van der Waals surface area (Å²) >= 11 is 3.05. The number of nitriles is 2. The summed E-state index contributed by atoms with van der Waals surface area (Å²) in [4.78, 5) is 71.9. The molecular weight excluding hydrogens is 1610 g/mol. The van der Waals surface area contributed by atoms with E-state index in [2.05, 4.69) is 114 Å². The molecule has 9 N–H and O–H groups in total. The van der Waals surface area contributed by atoms with Crippen LogP contribution in [0.4, 0.5) is 71.4 Å². The number of nitrogens with one attached hydrogen (secondary N) is 7. The molecule has 0 aliphatic carbocycles. The molecule has 11 heterocycles. The van der Waals surface area contributed by atoms with Crippen LogP contribution < -0.4 is 37.6 Å². The number of alkyl carbamates (subject to hydrolysis) is 2. The highest BCUT2D eigenvalue weighted by atomic mass is 32.1. The Balaban J connectivity index is 0.000000158. The molecule has 634 valence electrons. The van der Waals surface area contributed by atoms with Gasteiger partial charge in [0, 0.05) is 88.8 Å². The zero-order valence-electron chi connectivity index (χ0n) is 67.1. The van der Waals surface area contributed by atoms with Crippen molar-refractivity contribution in [3.63, 3.8) is 0 Å². The van der Waals surface area contributed by atoms with E-state index >= 15 is 0 Å². The van der Waals surface area contributed by atoms with E-state index in [9.17, 15) is 59.2 Å². The van der Waals surface area contributed by atoms with Gasteiger partial charge in [-0.2, -0.15) is 50.0 Å². The van der Waals surface area contributed by atoms with Crippen molar-refractivity contribution in [2.75, 3.05) is 55.2 Å². The molecule has 0 unspecified atom stereocenters. The predicted octanol–water partition coefficient (Wildman–Crippen LogP) is 16.9. The number of H-pyrrole nitrogens is 1. The molecule has 6 atom stereocenters. The maximum absolute atomic E-state index is 12.9. The van der Waals surface area contributed by atoms with Gasteiger partial charge in [-0.3, -0.25) is 9.80 Å². The minimum atomic E-state index is -4.30. The average Bonchev–Trinajstić information content (AvgIpc) is 1.67. The van der Waals surface area contributed by atoms with Crippen molar-refractivity contribution in [2.24, 2.45) is 5.73 Å². The first kappa shape index (κ1) is 89.3. The number of rotatable bonds is 16. The molecule has 119 heavy (non-hydrogen) atoms. The number of aromatic nitrogens is 8. The third-order valence-electron chi connectivity index (χ3n) is 19.0. The molecule has 3 fully saturated rings. The molecule has 0 saturated carbocycles. The third kappa shape index (κ3) is 26.0. The van der Waals surface area contributed by atoms with Crippen LogP contribution in [-0.4, -0.2) is 178 Å². The number of carbonyl (C=O) groups excluding carboxylic acids is 3. The summed E-state index contributed by atoms with van der Waals surface area (Å²) in [6.45, 7) is 23.8. The van der Waals surface area contributed by atoms with Gasteiger partial charge < -0.3 is 56.8 Å². The number of likely N-dealkylation sites (tertiary alicyclic amines) is 2. The molecule has 0 bridgehead atoms. The molecule has 0 radical (unpaired) electrons. The van der Waals surface area contributed by atoms with Gasteiger partial charge in [-0.1, -0.05) is 49.4 Å². The Morgan fingerprint density at radius 3 is 1.49 bits per heavy atom. The van der Waals surface area contributed by atoms with Crippen molar-refractivity contribution < 1.29 is 68.1 Å². The molecule has 3 saturated heterocycles. The lowest BCUT2D eigenvalue weighted by Crippen LogP contribution is -2.57. The Morgan fingerprint density at radius 1 is 0.529 bits per heavy atom. The number of halogens is 9. The van der Waals surface area contributed by atoms with Gasteiger partial charge in [0.1, 0.15) is 91.3 Å². The molecular formula is C82H94F9N19O6S3. The van der Waals surface area contributed by atoms with E-state index in [0.29, 0.717) is 97.5 Å². The summed E-state index contributed by atoms with van der Waals surface area (Å²) in [5.74, 6) is 1.44. The topological polar surface area (TPSA) is 329 Å². The van der Waals surface area contributed by atoms with E-state index in [1.165, 1.54) is 52.9 Å². The van der Waals surface area contributed by atoms with Crippen LogP contribution in [-0.2, 0) is 53.0 Å². The van der Waals surface area contributed by atoms with Crippen molar-refractivity contribution in [2.45, 2.75) is 199 Å². The number of ether oxygens (including phenoxy) is 3. The lowest BCUT2D eigenvalue weighted by atomic mass is 9.98. The van der Waals surface area contributed by atoms with Crippen molar-refractivity contribution in [1.82, 2.24) is 65.2 Å². The number of piperidine rings is 3. The van der Waals surface area contributed by atoms with Gasteiger partial charge in [-0.25, -0.2) is 48.9 Å². The minimum Gasteiger partial charge on any atom is -0.444 e. The molecule has 11 aromatic rings. The first-order valence-electron chi connectivity index (χ1n) is 38.5. The Bertz CT molecular complexity index is 5430. The Morgan fingerprint density at radius 2 is 1.00 bits per heavy atom. The highest BCUT2D eigenvalue weighted by Gasteiger charge is 2.37. The van der Waals surface area contributed by atoms with Gasteiger partial charge in [0.2, 0.25) is 0 Å². The van der Waals surface area contributed by atoms with Crippen LogP contribution in [0.3, 0.4) is 0 Å². The number of anilines is 3. The van der Waals surface area contributed by atoms with E-state index in [4.69, 9.17) is 25.2 Å². The molecule has 25 nitrogen and oxygen atoms in total. The average molecular weight is 1710 g/mol. The quantitative estimate of drug-likeness (QED) is 0.0329. The number of aromatic amines is 1. The normalized spacial score (nSPS) is 18.3. The maximum atomic E-state index is 12.9. The fourth-order valence-corrected chi connectivity index (χ4v) is 17.0. The molecule has 37 heteroatoms. The number of alkyl halides is 9. The molecule has 14 rings (SSSR count). The number of hydrogen-bond donors (Lipinski definition) is 8. The Kier molecular flexibility index (Phi) is 28.4. The highest BCUT2D eigenvalue weighted by Crippen LogP contribution is 2.38. The van der Waals surface area contributed by atoms with Crippen LogP contribution in [0, 0.1) is 22.7 Å². The third-order valence-corrected chi connectivity index (χ3v) is 22.1. The number of amides is 2. The van der Waals surface area contributed by atoms with E-state index in [0.717, 1.165) is 101 Å². The molecule has 0 spiro atoms. The van der Waals surface area contributed by atoms with E-state index in [-0.39, 0.29) is 50.9 Å². The Labute approximate surface area is 693 Å². The minimum absolute atomic E-state index is 0.0503. The summed E-state index contributed by atoms with van der Waals surface area (Å²) in [6, 6.07) is 33.1. The lowest BCUT2D eigenvalue weighted by molar-refractivity contribution is -0.127. The standard InChI is InChI=1S/C25H30F3N5O2S.C23H22F3N7S.C18H24F3N5O2S.C16H18N2O2/c1-24(2,3)35-23(34)32-20-14-33(13-16-7-5-4-6-8-16)10-9-19(20)31-21-18-11-17(12-25(26,27)28)36-22(18)30-15-29-21;24-23(25,26)8-16-7-17-21(29-12-30-22(17)34-16)32-20-3-4-33(11-18(20)28)10-13-1-2-19-14(5-13)6-15(9-27)31-19;1-17(2,3)28-16(27)26-13-8-22-5-4-12(13)25-14-11-6-10(7-18(19,20)21)29-15(11)24-9-23-14;1-5-11-6-7-14-12(8-11)9-13(10-17)18(14)15(19)20-16(2,3)4/h4-8,11,15,19-20H,9-10,12-14H2,1-3H3,(H,32,34)(H,29,30,31);1-2,5-7,12,18,20,31H,3-4,8,10-11,28H2,(H,29,30,32);6,9,12-13,22H,4-5,7-8H2,1-3H3,(H,26,27)(H,23,24,25);6-9H,5H2,1-4H3/t19-,20-;18-,20-;12-,13-;/m000./s1. The van der Waals surface area contributed by atoms with Crippen LogP contribution in [0.25, 0.3) is 52.5 Å². The first-order valence-corrected chi connectivity index (χ1v) is 41.0. The SMILES string of the molecule is CC(C)(C)OC(=O)N[C@H]1CN(Cc2ccccc2)CC[C@@H]1Nc1ncnc2sc(CC(F)(F)F)cc12.CC(C)(C)OC(=O)N[C@H]1CNCC[C@@H]1Nc1ncnc2sc(CC(F)(F)F)cc12.CCc1ccc2c(c1)cc(C#N)n2C(=O)OC(C)(C)C.N#Cc1cc2cc(CN3CC[C@H](Nc4ncnc5sc(CC(F)(F)F)cc45)[C@@H](N)C3)ccc2[nH]1. The van der Waals surface area contributed by atoms with Gasteiger partial charge in [-0.05, 0) is 166 Å². The highest BCUT2D eigenvalue weighted by molar-refractivity contribution is 7.19. The van der Waals surface area contributed by atoms with Gasteiger partial charge in [0.25, 0.3) is 0 Å². The second-order valence-corrected chi connectivity index (χ2v) is 35.6. The number of aryl methyl sites for hydroxylation is 1. The summed E-state index contributed by atoms with van der Waals surface area (Å²) < 4.78 is 133. The number of nitrogens with zero attached hydrogens (tertiary/aromatic N) is 11. The summed E-state index contributed by atoms with van der Waals surface area (Å²) in [7, 11) is 0. The number of nitrogens with two attached hydrogens (primary N) is 1. The lowest BCUT2D eigenvalue weighted by Gasteiger charge is -2.39. The predicted molar refractivity (Wildman–Crippen MR) is 442 cm³/mol. The monoisotopic (exact) mass is 1710 g/mol. The van der Waals surface area contributed by atoms with E-state index in [1.54, 1.807) is 68.4 Å². The molecule has 3 aliphatic rings. The summed E-state index contributed by atoms with van der Waals surface area (Å²) in [5, 5.41) is 40.9. The van der Waals surface area contributed by atoms with Crippen LogP contribution in [0.15, 0.2) is 116 Å². The number of benzene rings is 3. The van der Waals surface area contributed by atoms with Crippen molar-refractivity contribution in [1.29, 1.82) is 10.5 Å². The van der Waals surface area contributed by atoms with Crippen LogP contribution in [0.5, 0.6) is 0 Å². The molecule has 8 aromatic heterocycles. The number of carbonyl (C=O) groups is 3. The zero-order chi connectivity index (χ0) is 85.9. The van der Waals surface area contributed by atoms with E-state index < -0.39 is 72.9 Å². The van der Waals surface area contributed by atoms with Crippen molar-refractivity contribution in [3.05, 3.63) is 159 Å². The summed E-state index contributed by atoms with van der Waals surface area (Å²) in [5.41, 5.74) is 10.6. The number of thiophene rings is 3. The smallest absolute Gasteiger partial charge is 0.420 e. The second-order valence-electron chi connectivity index (χ2n) is 32.2. The van der Waals surface area contributed by atoms with Crippen LogP contribution in [0.2, 0.25) is 0 Å². The van der Waals surface area contributed by atoms with Crippen molar-refractivity contribution >= 4 is 122 Å². The largest absolute Gasteiger partial charge is 0.444 e.